The molecule has 1 radical (unpaired) electrons. The predicted molar refractivity (Wildman–Crippen MR) is 35.6 cm³/mol. The Labute approximate surface area is 51.4 Å². The maximum Gasteiger partial charge on any atom is 0.0500 e. The zero-order valence-corrected chi connectivity index (χ0v) is 5.39. The summed E-state index contributed by atoms with van der Waals surface area (Å²) in [4.78, 5) is 0. The maximum atomic E-state index is 4.97. The summed E-state index contributed by atoms with van der Waals surface area (Å²) in [5, 5.41) is 0. The Morgan fingerprint density at radius 3 is 2.88 bits per heavy atom. The van der Waals surface area contributed by atoms with Crippen molar-refractivity contribution in [3.05, 3.63) is 19.1 Å². The molecule has 0 aromatic carbocycles. The van der Waals surface area contributed by atoms with Crippen LogP contribution in [0.3, 0.4) is 0 Å². The van der Waals surface area contributed by atoms with Crippen LogP contribution < -0.4 is 0 Å². The zero-order chi connectivity index (χ0) is 6.24. The molecule has 0 N–H and O–H groups in total. The lowest BCUT2D eigenvalue weighted by Crippen LogP contribution is -1.90. The van der Waals surface area contributed by atoms with E-state index < -0.39 is 0 Å². The van der Waals surface area contributed by atoms with Crippen LogP contribution in [0.2, 0.25) is 0 Å². The lowest BCUT2D eigenvalue weighted by Gasteiger charge is -1.93. The molecule has 0 aliphatic heterocycles. The molecule has 0 saturated carbocycles. The number of hydrogen-bond acceptors (Lipinski definition) is 1. The molecule has 0 aromatic heterocycles. The molecule has 0 spiro atoms. The van der Waals surface area contributed by atoms with Gasteiger partial charge < -0.3 is 4.74 Å². The van der Waals surface area contributed by atoms with Crippen molar-refractivity contribution < 1.29 is 4.74 Å². The standard InChI is InChI=1S/C7H13O/c1-3-5-6-7-8-4-2/h3,5H,2,4,6-7H2,1H3/b5-3+. The van der Waals surface area contributed by atoms with Crippen molar-refractivity contribution in [3.63, 3.8) is 0 Å². The minimum Gasteiger partial charge on any atom is -0.381 e. The van der Waals surface area contributed by atoms with E-state index in [4.69, 9.17) is 4.74 Å². The van der Waals surface area contributed by atoms with Crippen molar-refractivity contribution in [2.45, 2.75) is 13.3 Å². The molecule has 1 heteroatoms. The Morgan fingerprint density at radius 2 is 2.38 bits per heavy atom. The van der Waals surface area contributed by atoms with E-state index in [0.717, 1.165) is 13.0 Å². The molecule has 8 heavy (non-hydrogen) atoms. The van der Waals surface area contributed by atoms with Gasteiger partial charge >= 0.3 is 0 Å². The van der Waals surface area contributed by atoms with Gasteiger partial charge in [-0.3, -0.25) is 0 Å². The molecular weight excluding hydrogens is 100 g/mol. The topological polar surface area (TPSA) is 9.23 Å². The van der Waals surface area contributed by atoms with E-state index >= 15 is 0 Å². The number of allylic oxidation sites excluding steroid dienone is 1. The van der Waals surface area contributed by atoms with Gasteiger partial charge in [-0.1, -0.05) is 12.2 Å². The highest BCUT2D eigenvalue weighted by molar-refractivity contribution is 4.75. The third-order valence-corrected chi connectivity index (χ3v) is 0.809. The molecule has 0 amide bonds. The van der Waals surface area contributed by atoms with Gasteiger partial charge in [0.1, 0.15) is 0 Å². The Hall–Kier alpha value is -0.300. The monoisotopic (exact) mass is 113 g/mol. The molecular formula is C7H13O. The van der Waals surface area contributed by atoms with E-state index in [1.165, 1.54) is 0 Å². The summed E-state index contributed by atoms with van der Waals surface area (Å²) in [7, 11) is 0. The Balaban J connectivity index is 2.72. The van der Waals surface area contributed by atoms with Gasteiger partial charge in [0.05, 0.1) is 6.61 Å². The van der Waals surface area contributed by atoms with Gasteiger partial charge in [0.25, 0.3) is 0 Å². The van der Waals surface area contributed by atoms with Gasteiger partial charge in [0, 0.05) is 6.61 Å². The molecule has 0 heterocycles. The molecule has 0 aliphatic rings. The van der Waals surface area contributed by atoms with E-state index in [9.17, 15) is 0 Å². The van der Waals surface area contributed by atoms with Crippen molar-refractivity contribution in [2.24, 2.45) is 0 Å². The lowest BCUT2D eigenvalue weighted by molar-refractivity contribution is 0.166. The third-order valence-electron chi connectivity index (χ3n) is 0.809. The maximum absolute atomic E-state index is 4.97. The molecule has 0 unspecified atom stereocenters. The fraction of sp³-hybridized carbons (Fsp3) is 0.571. The fourth-order valence-corrected chi connectivity index (χ4v) is 0.420. The molecule has 0 aliphatic carbocycles. The van der Waals surface area contributed by atoms with Crippen LogP contribution in [0.5, 0.6) is 0 Å². The highest BCUT2D eigenvalue weighted by Crippen LogP contribution is 1.82. The van der Waals surface area contributed by atoms with Gasteiger partial charge in [-0.2, -0.15) is 0 Å². The van der Waals surface area contributed by atoms with Crippen LogP contribution >= 0.6 is 0 Å². The first-order valence-corrected chi connectivity index (χ1v) is 2.90. The second-order valence-corrected chi connectivity index (χ2v) is 1.47. The van der Waals surface area contributed by atoms with Crippen LogP contribution in [0.25, 0.3) is 0 Å². The van der Waals surface area contributed by atoms with Crippen molar-refractivity contribution in [1.82, 2.24) is 0 Å². The van der Waals surface area contributed by atoms with Crippen LogP contribution in [0, 0.1) is 6.92 Å². The summed E-state index contributed by atoms with van der Waals surface area (Å²) in [6.07, 6.45) is 5.11. The highest BCUT2D eigenvalue weighted by Gasteiger charge is 1.76. The van der Waals surface area contributed by atoms with Crippen LogP contribution in [-0.4, -0.2) is 13.2 Å². The van der Waals surface area contributed by atoms with Crippen molar-refractivity contribution >= 4 is 0 Å². The Bertz CT molecular complexity index is 57.4. The second kappa shape index (κ2) is 6.70. The lowest BCUT2D eigenvalue weighted by atomic mass is 10.4. The summed E-state index contributed by atoms with van der Waals surface area (Å²) in [6, 6.07) is 0. The first-order valence-electron chi connectivity index (χ1n) is 2.90. The van der Waals surface area contributed by atoms with Gasteiger partial charge in [0.15, 0.2) is 0 Å². The molecule has 0 fully saturated rings. The van der Waals surface area contributed by atoms with E-state index in [-0.39, 0.29) is 0 Å². The average Bonchev–Trinajstić information content (AvgIpc) is 1.81. The third kappa shape index (κ3) is 5.70. The molecule has 0 bridgehead atoms. The van der Waals surface area contributed by atoms with Crippen molar-refractivity contribution in [1.29, 1.82) is 0 Å². The normalized spacial score (nSPS) is 10.8. The van der Waals surface area contributed by atoms with Gasteiger partial charge in [-0.15, -0.1) is 0 Å². The van der Waals surface area contributed by atoms with E-state index in [0.29, 0.717) is 6.61 Å². The summed E-state index contributed by atoms with van der Waals surface area (Å²) in [5.41, 5.74) is 0. The van der Waals surface area contributed by atoms with Crippen molar-refractivity contribution in [2.75, 3.05) is 13.2 Å². The minimum absolute atomic E-state index is 0.581. The van der Waals surface area contributed by atoms with E-state index in [2.05, 4.69) is 13.0 Å². The summed E-state index contributed by atoms with van der Waals surface area (Å²) < 4.78 is 4.97. The van der Waals surface area contributed by atoms with Gasteiger partial charge in [0.2, 0.25) is 0 Å². The zero-order valence-electron chi connectivity index (χ0n) is 5.39. The smallest absolute Gasteiger partial charge is 0.0500 e. The number of ether oxygens (including phenoxy) is 1. The number of rotatable bonds is 4. The number of hydrogen-bond donors (Lipinski definition) is 0. The van der Waals surface area contributed by atoms with Crippen molar-refractivity contribution in [3.8, 4) is 0 Å². The first kappa shape index (κ1) is 7.70. The quantitative estimate of drug-likeness (QED) is 0.399. The highest BCUT2D eigenvalue weighted by atomic mass is 16.5. The Morgan fingerprint density at radius 1 is 1.62 bits per heavy atom. The fourth-order valence-electron chi connectivity index (χ4n) is 0.420. The molecule has 0 atom stereocenters. The van der Waals surface area contributed by atoms with Crippen LogP contribution in [0.4, 0.5) is 0 Å². The molecule has 0 saturated heterocycles. The predicted octanol–water partition coefficient (Wildman–Crippen LogP) is 1.80. The van der Waals surface area contributed by atoms with Crippen LogP contribution in [0.15, 0.2) is 12.2 Å². The molecule has 1 nitrogen and oxygen atoms in total. The largest absolute Gasteiger partial charge is 0.381 e. The summed E-state index contributed by atoms with van der Waals surface area (Å²) in [6.45, 7) is 6.92. The SMILES string of the molecule is [CH2]COCC/C=C/C. The van der Waals surface area contributed by atoms with Gasteiger partial charge in [-0.05, 0) is 20.3 Å². The average molecular weight is 113 g/mol. The molecule has 47 valence electrons. The molecule has 0 aromatic rings. The summed E-state index contributed by atoms with van der Waals surface area (Å²) in [5.74, 6) is 0. The Kier molecular flexibility index (Phi) is 6.45. The van der Waals surface area contributed by atoms with E-state index in [1.807, 2.05) is 13.0 Å². The first-order chi connectivity index (χ1) is 3.91. The van der Waals surface area contributed by atoms with Crippen LogP contribution in [-0.2, 0) is 4.74 Å². The van der Waals surface area contributed by atoms with Crippen LogP contribution in [0.1, 0.15) is 13.3 Å². The minimum atomic E-state index is 0.581. The second-order valence-electron chi connectivity index (χ2n) is 1.47. The molecule has 0 rings (SSSR count). The summed E-state index contributed by atoms with van der Waals surface area (Å²) >= 11 is 0. The van der Waals surface area contributed by atoms with E-state index in [1.54, 1.807) is 0 Å². The van der Waals surface area contributed by atoms with Gasteiger partial charge in [-0.25, -0.2) is 0 Å².